The number of likely N-dealkylation sites (N-methyl/N-ethyl adjacent to an activating group) is 1. The van der Waals surface area contributed by atoms with E-state index in [2.05, 4.69) is 16.3 Å². The SMILES string of the molecule is C=CC(=O)N(C)Cc1cc(-c2ccc(OC(F)(F)F)cc2)c2nccn2c1CO. The van der Waals surface area contributed by atoms with Gasteiger partial charge in [-0.3, -0.25) is 4.79 Å². The first-order valence-electron chi connectivity index (χ1n) is 8.56. The first-order chi connectivity index (χ1) is 13.7. The van der Waals surface area contributed by atoms with Crippen LogP contribution in [-0.4, -0.2) is 38.7 Å². The van der Waals surface area contributed by atoms with E-state index in [-0.39, 0.29) is 24.8 Å². The Kier molecular flexibility index (Phi) is 5.60. The van der Waals surface area contributed by atoms with E-state index in [0.717, 1.165) is 0 Å². The van der Waals surface area contributed by atoms with Gasteiger partial charge in [-0.05, 0) is 35.4 Å². The topological polar surface area (TPSA) is 67.1 Å². The second-order valence-corrected chi connectivity index (χ2v) is 6.28. The van der Waals surface area contributed by atoms with Crippen LogP contribution in [0.25, 0.3) is 16.8 Å². The fourth-order valence-corrected chi connectivity index (χ4v) is 3.05. The number of amides is 1. The number of imidazole rings is 1. The molecule has 0 aliphatic rings. The number of aliphatic hydroxyl groups excluding tert-OH is 1. The van der Waals surface area contributed by atoms with Gasteiger partial charge in [-0.2, -0.15) is 0 Å². The highest BCUT2D eigenvalue weighted by molar-refractivity contribution is 5.87. The van der Waals surface area contributed by atoms with E-state index in [1.54, 1.807) is 29.9 Å². The third-order valence-electron chi connectivity index (χ3n) is 4.37. The number of aromatic nitrogens is 2. The van der Waals surface area contributed by atoms with Gasteiger partial charge in [-0.25, -0.2) is 4.98 Å². The van der Waals surface area contributed by atoms with Crippen LogP contribution < -0.4 is 4.74 Å². The third kappa shape index (κ3) is 4.40. The molecule has 2 heterocycles. The van der Waals surface area contributed by atoms with Gasteiger partial charge in [0.25, 0.3) is 0 Å². The molecule has 0 bridgehead atoms. The molecule has 0 saturated heterocycles. The fourth-order valence-electron chi connectivity index (χ4n) is 3.05. The lowest BCUT2D eigenvalue weighted by Gasteiger charge is -2.20. The highest BCUT2D eigenvalue weighted by atomic mass is 19.4. The summed E-state index contributed by atoms with van der Waals surface area (Å²) in [5.41, 5.74) is 3.00. The number of fused-ring (bicyclic) bond motifs is 1. The number of nitrogens with zero attached hydrogens (tertiary/aromatic N) is 3. The zero-order chi connectivity index (χ0) is 21.2. The average molecular weight is 405 g/mol. The molecule has 29 heavy (non-hydrogen) atoms. The van der Waals surface area contributed by atoms with E-state index < -0.39 is 6.36 Å². The molecular formula is C20H18F3N3O3. The molecule has 0 radical (unpaired) electrons. The van der Waals surface area contributed by atoms with Crippen LogP contribution in [0.2, 0.25) is 0 Å². The minimum absolute atomic E-state index is 0.205. The summed E-state index contributed by atoms with van der Waals surface area (Å²) in [7, 11) is 1.60. The molecule has 0 aliphatic carbocycles. The number of aliphatic hydroxyl groups is 1. The Morgan fingerprint density at radius 1 is 1.34 bits per heavy atom. The van der Waals surface area contributed by atoms with Crippen molar-refractivity contribution < 1.29 is 27.8 Å². The number of ether oxygens (including phenoxy) is 1. The Bertz CT molecular complexity index is 1040. The van der Waals surface area contributed by atoms with Gasteiger partial charge in [0.1, 0.15) is 11.4 Å². The minimum atomic E-state index is -4.77. The smallest absolute Gasteiger partial charge is 0.406 e. The standard InChI is InChI=1S/C20H18F3N3O3/c1-3-18(28)25(2)11-14-10-16(19-24-8-9-26(19)17(14)12-27)13-4-6-15(7-5-13)29-20(21,22)23/h3-10,27H,1,11-12H2,2H3. The lowest BCUT2D eigenvalue weighted by molar-refractivity contribution is -0.274. The van der Waals surface area contributed by atoms with Crippen molar-refractivity contribution in [3.63, 3.8) is 0 Å². The first kappa shape index (κ1) is 20.4. The normalized spacial score (nSPS) is 11.5. The van der Waals surface area contributed by atoms with Crippen molar-refractivity contribution in [1.29, 1.82) is 0 Å². The quantitative estimate of drug-likeness (QED) is 0.637. The summed E-state index contributed by atoms with van der Waals surface area (Å²) in [5.74, 6) is -0.612. The number of pyridine rings is 1. The fraction of sp³-hybridized carbons (Fsp3) is 0.200. The molecule has 0 atom stereocenters. The van der Waals surface area contributed by atoms with Crippen molar-refractivity contribution in [3.05, 3.63) is 66.6 Å². The highest BCUT2D eigenvalue weighted by Gasteiger charge is 2.31. The molecule has 2 aromatic heterocycles. The largest absolute Gasteiger partial charge is 0.573 e. The van der Waals surface area contributed by atoms with Crippen molar-refractivity contribution in [2.24, 2.45) is 0 Å². The van der Waals surface area contributed by atoms with Gasteiger partial charge in [0, 0.05) is 31.5 Å². The van der Waals surface area contributed by atoms with Gasteiger partial charge in [0.2, 0.25) is 5.91 Å². The van der Waals surface area contributed by atoms with Gasteiger partial charge in [-0.15, -0.1) is 13.2 Å². The Labute approximate surface area is 164 Å². The zero-order valence-corrected chi connectivity index (χ0v) is 15.5. The van der Waals surface area contributed by atoms with Crippen LogP contribution >= 0.6 is 0 Å². The molecule has 1 amide bonds. The molecule has 0 spiro atoms. The second kappa shape index (κ2) is 7.96. The second-order valence-electron chi connectivity index (χ2n) is 6.28. The molecule has 0 fully saturated rings. The maximum absolute atomic E-state index is 12.4. The third-order valence-corrected chi connectivity index (χ3v) is 4.37. The van der Waals surface area contributed by atoms with Gasteiger partial charge < -0.3 is 19.1 Å². The minimum Gasteiger partial charge on any atom is -0.406 e. The molecule has 6 nitrogen and oxygen atoms in total. The molecule has 9 heteroatoms. The number of benzene rings is 1. The van der Waals surface area contributed by atoms with Crippen molar-refractivity contribution in [1.82, 2.24) is 14.3 Å². The summed E-state index contributed by atoms with van der Waals surface area (Å²) >= 11 is 0. The van der Waals surface area contributed by atoms with E-state index in [1.807, 2.05) is 0 Å². The predicted octanol–water partition coefficient (Wildman–Crippen LogP) is 3.54. The molecule has 1 aromatic carbocycles. The maximum Gasteiger partial charge on any atom is 0.573 e. The lowest BCUT2D eigenvalue weighted by atomic mass is 10.0. The summed E-state index contributed by atoms with van der Waals surface area (Å²) in [6, 6.07) is 7.18. The summed E-state index contributed by atoms with van der Waals surface area (Å²) in [6.07, 6.45) is -0.351. The number of hydrogen-bond donors (Lipinski definition) is 1. The summed E-state index contributed by atoms with van der Waals surface area (Å²) in [4.78, 5) is 17.6. The number of alkyl halides is 3. The summed E-state index contributed by atoms with van der Waals surface area (Å²) in [5, 5.41) is 9.85. The van der Waals surface area contributed by atoms with Crippen LogP contribution in [0.3, 0.4) is 0 Å². The van der Waals surface area contributed by atoms with E-state index in [4.69, 9.17) is 0 Å². The van der Waals surface area contributed by atoms with Crippen LogP contribution in [0.4, 0.5) is 13.2 Å². The molecule has 0 saturated carbocycles. The molecule has 152 valence electrons. The van der Waals surface area contributed by atoms with Crippen molar-refractivity contribution in [2.75, 3.05) is 7.05 Å². The van der Waals surface area contributed by atoms with Gasteiger partial charge in [0.05, 0.1) is 12.3 Å². The van der Waals surface area contributed by atoms with Crippen molar-refractivity contribution >= 4 is 11.6 Å². The average Bonchev–Trinajstić information content (AvgIpc) is 3.15. The van der Waals surface area contributed by atoms with Crippen LogP contribution in [0.5, 0.6) is 5.75 Å². The number of rotatable bonds is 6. The monoisotopic (exact) mass is 405 g/mol. The van der Waals surface area contributed by atoms with Crippen LogP contribution in [0, 0.1) is 0 Å². The summed E-state index contributed by atoms with van der Waals surface area (Å²) in [6.45, 7) is 3.38. The van der Waals surface area contributed by atoms with Crippen molar-refractivity contribution in [2.45, 2.75) is 19.5 Å². The number of halogens is 3. The van der Waals surface area contributed by atoms with Gasteiger partial charge >= 0.3 is 6.36 Å². The van der Waals surface area contributed by atoms with E-state index in [0.29, 0.717) is 28.0 Å². The number of hydrogen-bond acceptors (Lipinski definition) is 4. The van der Waals surface area contributed by atoms with Gasteiger partial charge in [-0.1, -0.05) is 18.7 Å². The van der Waals surface area contributed by atoms with Crippen LogP contribution in [-0.2, 0) is 17.9 Å². The Balaban J connectivity index is 2.07. The maximum atomic E-state index is 12.4. The molecule has 1 N–H and O–H groups in total. The van der Waals surface area contributed by atoms with E-state index in [1.165, 1.54) is 35.2 Å². The van der Waals surface area contributed by atoms with E-state index >= 15 is 0 Å². The molecule has 3 aromatic rings. The molecule has 0 aliphatic heterocycles. The Hall–Kier alpha value is -3.33. The number of carbonyl (C=O) groups is 1. The lowest BCUT2D eigenvalue weighted by Crippen LogP contribution is -2.25. The van der Waals surface area contributed by atoms with Crippen LogP contribution in [0.1, 0.15) is 11.3 Å². The van der Waals surface area contributed by atoms with Gasteiger partial charge in [0.15, 0.2) is 0 Å². The van der Waals surface area contributed by atoms with Crippen LogP contribution in [0.15, 0.2) is 55.4 Å². The number of carbonyl (C=O) groups excluding carboxylic acids is 1. The Morgan fingerprint density at radius 3 is 2.62 bits per heavy atom. The first-order valence-corrected chi connectivity index (χ1v) is 8.56. The molecular weight excluding hydrogens is 387 g/mol. The zero-order valence-electron chi connectivity index (χ0n) is 15.5. The highest BCUT2D eigenvalue weighted by Crippen LogP contribution is 2.31. The Morgan fingerprint density at radius 2 is 2.03 bits per heavy atom. The summed E-state index contributed by atoms with van der Waals surface area (Å²) < 4.78 is 42.8. The predicted molar refractivity (Wildman–Crippen MR) is 99.9 cm³/mol. The molecule has 0 unspecified atom stereocenters. The van der Waals surface area contributed by atoms with E-state index in [9.17, 15) is 23.1 Å². The molecule has 3 rings (SSSR count). The van der Waals surface area contributed by atoms with Crippen molar-refractivity contribution in [3.8, 4) is 16.9 Å².